The van der Waals surface area contributed by atoms with E-state index in [1.807, 2.05) is 0 Å². The lowest BCUT2D eigenvalue weighted by atomic mass is 10.0. The first-order valence-corrected chi connectivity index (χ1v) is 8.50. The average molecular weight is 371 g/mol. The summed E-state index contributed by atoms with van der Waals surface area (Å²) in [6, 6.07) is 9.52. The molecule has 2 amide bonds. The predicted molar refractivity (Wildman–Crippen MR) is 98.8 cm³/mol. The highest BCUT2D eigenvalue weighted by molar-refractivity contribution is 5.92. The summed E-state index contributed by atoms with van der Waals surface area (Å²) in [4.78, 5) is 26.4. The fourth-order valence-electron chi connectivity index (χ4n) is 2.97. The maximum Gasteiger partial charge on any atom is 0.239 e. The number of nitrogens with two attached hydrogens (primary N) is 1. The fourth-order valence-corrected chi connectivity index (χ4v) is 2.97. The van der Waals surface area contributed by atoms with Gasteiger partial charge in [0.05, 0.1) is 0 Å². The van der Waals surface area contributed by atoms with Gasteiger partial charge in [0.1, 0.15) is 17.7 Å². The van der Waals surface area contributed by atoms with Gasteiger partial charge < -0.3 is 16.0 Å². The van der Waals surface area contributed by atoms with Gasteiger partial charge in [-0.1, -0.05) is 0 Å². The Hall–Kier alpha value is -3.22. The quantitative estimate of drug-likeness (QED) is 0.622. The zero-order valence-corrected chi connectivity index (χ0v) is 14.7. The van der Waals surface area contributed by atoms with Crippen molar-refractivity contribution in [2.24, 2.45) is 5.73 Å². The van der Waals surface area contributed by atoms with E-state index in [4.69, 9.17) is 5.73 Å². The number of aromatic amines is 1. The number of hydrogen-bond acceptors (Lipinski definition) is 2. The van der Waals surface area contributed by atoms with Crippen LogP contribution in [0, 0.1) is 11.6 Å². The molecule has 1 heterocycles. The molecule has 4 N–H and O–H groups in total. The molecule has 0 radical (unpaired) electrons. The minimum atomic E-state index is -0.769. The molecule has 0 fully saturated rings. The van der Waals surface area contributed by atoms with Crippen LogP contribution in [0.2, 0.25) is 0 Å². The number of aryl methyl sites for hydroxylation is 1. The summed E-state index contributed by atoms with van der Waals surface area (Å²) < 4.78 is 27.0. The van der Waals surface area contributed by atoms with Gasteiger partial charge in [0.25, 0.3) is 0 Å². The first-order valence-electron chi connectivity index (χ1n) is 8.50. The molecule has 0 spiro atoms. The summed E-state index contributed by atoms with van der Waals surface area (Å²) in [5.41, 5.74) is 8.05. The Balaban J connectivity index is 1.93. The highest BCUT2D eigenvalue weighted by Gasteiger charge is 2.17. The number of halogens is 2. The molecule has 0 saturated carbocycles. The molecule has 3 rings (SSSR count). The molecule has 7 heteroatoms. The zero-order chi connectivity index (χ0) is 19.6. The van der Waals surface area contributed by atoms with Crippen molar-refractivity contribution in [3.05, 3.63) is 59.7 Å². The lowest BCUT2D eigenvalue weighted by molar-refractivity contribution is -0.126. The smallest absolute Gasteiger partial charge is 0.239 e. The second-order valence-electron chi connectivity index (χ2n) is 6.37. The summed E-state index contributed by atoms with van der Waals surface area (Å²) in [7, 11) is 0. The Morgan fingerprint density at radius 3 is 2.44 bits per heavy atom. The number of H-pyrrole nitrogens is 1. The number of primary amides is 1. The van der Waals surface area contributed by atoms with Gasteiger partial charge in [-0.05, 0) is 66.9 Å². The second kappa shape index (κ2) is 7.57. The molecular weight excluding hydrogens is 352 g/mol. The van der Waals surface area contributed by atoms with E-state index in [1.165, 1.54) is 31.2 Å². The number of rotatable bonds is 6. The Kier molecular flexibility index (Phi) is 5.21. The van der Waals surface area contributed by atoms with Crippen LogP contribution in [0.1, 0.15) is 18.9 Å². The standard InChI is InChI=1S/C20H19F2N3O2/c1-11(20(23)27)24-18(26)9-7-15-16-10-14(22)6-8-17(16)25-19(15)12-2-4-13(21)5-3-12/h2-6,8,10-11,25H,7,9H2,1H3,(H2,23,27)(H,24,26)/t11-/m0/s1. The summed E-state index contributed by atoms with van der Waals surface area (Å²) in [6.45, 7) is 1.51. The molecular formula is C20H19F2N3O2. The van der Waals surface area contributed by atoms with Gasteiger partial charge in [0.2, 0.25) is 11.8 Å². The molecule has 27 heavy (non-hydrogen) atoms. The van der Waals surface area contributed by atoms with Crippen LogP contribution in [0.15, 0.2) is 42.5 Å². The van der Waals surface area contributed by atoms with Crippen LogP contribution in [0.4, 0.5) is 8.78 Å². The summed E-state index contributed by atoms with van der Waals surface area (Å²) >= 11 is 0. The van der Waals surface area contributed by atoms with Crippen LogP contribution in [0.3, 0.4) is 0 Å². The van der Waals surface area contributed by atoms with Crippen LogP contribution < -0.4 is 11.1 Å². The van der Waals surface area contributed by atoms with Gasteiger partial charge in [-0.25, -0.2) is 8.78 Å². The maximum absolute atomic E-state index is 13.7. The van der Waals surface area contributed by atoms with E-state index in [-0.39, 0.29) is 24.0 Å². The highest BCUT2D eigenvalue weighted by Crippen LogP contribution is 2.32. The molecule has 0 aliphatic carbocycles. The topological polar surface area (TPSA) is 88.0 Å². The summed E-state index contributed by atoms with van der Waals surface area (Å²) in [6.07, 6.45) is 0.406. The average Bonchev–Trinajstić information content (AvgIpc) is 2.98. The van der Waals surface area contributed by atoms with Gasteiger partial charge >= 0.3 is 0 Å². The van der Waals surface area contributed by atoms with Crippen molar-refractivity contribution in [3.63, 3.8) is 0 Å². The molecule has 5 nitrogen and oxygen atoms in total. The molecule has 3 aromatic rings. The molecule has 0 bridgehead atoms. The zero-order valence-electron chi connectivity index (χ0n) is 14.7. The molecule has 0 saturated heterocycles. The van der Waals surface area contributed by atoms with Gasteiger partial charge in [-0.3, -0.25) is 9.59 Å². The van der Waals surface area contributed by atoms with Gasteiger partial charge in [-0.2, -0.15) is 0 Å². The van der Waals surface area contributed by atoms with Crippen molar-refractivity contribution in [1.29, 1.82) is 0 Å². The lowest BCUT2D eigenvalue weighted by Gasteiger charge is -2.10. The number of benzene rings is 2. The van der Waals surface area contributed by atoms with Gasteiger partial charge in [-0.15, -0.1) is 0 Å². The Morgan fingerprint density at radius 1 is 1.11 bits per heavy atom. The van der Waals surface area contributed by atoms with E-state index >= 15 is 0 Å². The molecule has 1 atom stereocenters. The van der Waals surface area contributed by atoms with Crippen LogP contribution in [0.5, 0.6) is 0 Å². The largest absolute Gasteiger partial charge is 0.368 e. The van der Waals surface area contributed by atoms with Crippen molar-refractivity contribution in [2.75, 3.05) is 0 Å². The van der Waals surface area contributed by atoms with Crippen molar-refractivity contribution in [1.82, 2.24) is 10.3 Å². The molecule has 140 valence electrons. The number of carbonyl (C=O) groups is 2. The second-order valence-corrected chi connectivity index (χ2v) is 6.37. The van der Waals surface area contributed by atoms with E-state index in [9.17, 15) is 18.4 Å². The lowest BCUT2D eigenvalue weighted by Crippen LogP contribution is -2.42. The monoisotopic (exact) mass is 371 g/mol. The van der Waals surface area contributed by atoms with E-state index < -0.39 is 11.9 Å². The van der Waals surface area contributed by atoms with Crippen LogP contribution >= 0.6 is 0 Å². The molecule has 1 aromatic heterocycles. The fraction of sp³-hybridized carbons (Fsp3) is 0.200. The van der Waals surface area contributed by atoms with Crippen molar-refractivity contribution in [2.45, 2.75) is 25.8 Å². The summed E-state index contributed by atoms with van der Waals surface area (Å²) in [5.74, 6) is -1.70. The minimum Gasteiger partial charge on any atom is -0.368 e. The van der Waals surface area contributed by atoms with E-state index in [0.717, 1.165) is 16.6 Å². The maximum atomic E-state index is 13.7. The Bertz CT molecular complexity index is 996. The van der Waals surface area contributed by atoms with Crippen molar-refractivity contribution in [3.8, 4) is 11.3 Å². The number of nitrogens with one attached hydrogen (secondary N) is 2. The Labute approximate surface area is 154 Å². The normalized spacial score (nSPS) is 12.1. The van der Waals surface area contributed by atoms with E-state index in [0.29, 0.717) is 17.5 Å². The van der Waals surface area contributed by atoms with Crippen LogP contribution in [-0.2, 0) is 16.0 Å². The predicted octanol–water partition coefficient (Wildman–Crippen LogP) is 3.04. The van der Waals surface area contributed by atoms with Gasteiger partial charge in [0.15, 0.2) is 0 Å². The molecule has 0 aliphatic rings. The first kappa shape index (κ1) is 18.6. The van der Waals surface area contributed by atoms with Crippen molar-refractivity contribution >= 4 is 22.7 Å². The Morgan fingerprint density at radius 2 is 1.78 bits per heavy atom. The van der Waals surface area contributed by atoms with Crippen LogP contribution in [0.25, 0.3) is 22.2 Å². The number of aromatic nitrogens is 1. The molecule has 0 unspecified atom stereocenters. The third kappa shape index (κ3) is 4.13. The number of carbonyl (C=O) groups excluding carboxylic acids is 2. The SMILES string of the molecule is C[C@H](NC(=O)CCc1c(-c2ccc(F)cc2)[nH]c2ccc(F)cc12)C(N)=O. The van der Waals surface area contributed by atoms with Crippen LogP contribution in [-0.4, -0.2) is 22.8 Å². The van der Waals surface area contributed by atoms with E-state index in [2.05, 4.69) is 10.3 Å². The summed E-state index contributed by atoms with van der Waals surface area (Å²) in [5, 5.41) is 3.18. The minimum absolute atomic E-state index is 0.0925. The third-order valence-electron chi connectivity index (χ3n) is 4.41. The van der Waals surface area contributed by atoms with Gasteiger partial charge in [0, 0.05) is 23.0 Å². The van der Waals surface area contributed by atoms with E-state index in [1.54, 1.807) is 18.2 Å². The third-order valence-corrected chi connectivity index (χ3v) is 4.41. The molecule has 0 aliphatic heterocycles. The van der Waals surface area contributed by atoms with Crippen molar-refractivity contribution < 1.29 is 18.4 Å². The number of hydrogen-bond donors (Lipinski definition) is 3. The molecule has 2 aromatic carbocycles. The first-order chi connectivity index (χ1) is 12.8. The highest BCUT2D eigenvalue weighted by atomic mass is 19.1. The number of amides is 2. The number of fused-ring (bicyclic) bond motifs is 1.